The molecule has 8 nitrogen and oxygen atoms in total. The monoisotopic (exact) mass is 445 g/mol. The molecule has 154 valence electrons. The van der Waals surface area contributed by atoms with Crippen molar-refractivity contribution < 1.29 is 14.4 Å². The highest BCUT2D eigenvalue weighted by Crippen LogP contribution is 2.22. The summed E-state index contributed by atoms with van der Waals surface area (Å²) < 4.78 is 6.71. The van der Waals surface area contributed by atoms with Crippen molar-refractivity contribution in [1.82, 2.24) is 14.8 Å². The van der Waals surface area contributed by atoms with E-state index in [9.17, 15) is 4.79 Å². The van der Waals surface area contributed by atoms with Crippen LogP contribution >= 0.6 is 23.2 Å². The second kappa shape index (κ2) is 8.73. The molecule has 30 heavy (non-hydrogen) atoms. The van der Waals surface area contributed by atoms with Gasteiger partial charge in [0.25, 0.3) is 5.91 Å². The average molecular weight is 446 g/mol. The molecular weight excluding hydrogens is 429 g/mol. The number of ether oxygens (including phenoxy) is 1. The van der Waals surface area contributed by atoms with Gasteiger partial charge in [0.05, 0.1) is 19.4 Å². The Morgan fingerprint density at radius 1 is 1.27 bits per heavy atom. The Bertz CT molecular complexity index is 1100. The summed E-state index contributed by atoms with van der Waals surface area (Å²) in [7, 11) is 1.60. The standard InChI is InChI=1S/C20H17Cl2N5O3/c1-29-15-6-3-12(4-7-15)17-9-18(30-26-17)19(28)24-20-23-11-27(25-20)10-13-2-5-14(21)8-16(13)22/h2-8,11,18H,9-10H2,1H3,(H,24,25,28)/t18-/m1/s1. The van der Waals surface area contributed by atoms with Gasteiger partial charge in [-0.3, -0.25) is 10.1 Å². The summed E-state index contributed by atoms with van der Waals surface area (Å²) in [6.07, 6.45) is 1.11. The molecule has 0 bridgehead atoms. The Kier molecular flexibility index (Phi) is 5.87. The first-order valence-electron chi connectivity index (χ1n) is 9.03. The van der Waals surface area contributed by atoms with Gasteiger partial charge in [0, 0.05) is 16.5 Å². The van der Waals surface area contributed by atoms with E-state index in [1.54, 1.807) is 23.9 Å². The lowest BCUT2D eigenvalue weighted by atomic mass is 10.0. The van der Waals surface area contributed by atoms with Crippen molar-refractivity contribution in [3.8, 4) is 5.75 Å². The molecule has 4 rings (SSSR count). The second-order valence-electron chi connectivity index (χ2n) is 6.56. The van der Waals surface area contributed by atoms with Crippen LogP contribution in [0.15, 0.2) is 53.9 Å². The van der Waals surface area contributed by atoms with Crippen molar-refractivity contribution in [2.75, 3.05) is 12.4 Å². The summed E-state index contributed by atoms with van der Waals surface area (Å²) in [5.74, 6) is 0.547. The molecule has 0 fully saturated rings. The summed E-state index contributed by atoms with van der Waals surface area (Å²) >= 11 is 12.1. The molecule has 1 aromatic heterocycles. The number of benzene rings is 2. The first kappa shape index (κ1) is 20.2. The van der Waals surface area contributed by atoms with E-state index in [4.69, 9.17) is 32.8 Å². The number of nitrogens with zero attached hydrogens (tertiary/aromatic N) is 4. The zero-order valence-corrected chi connectivity index (χ0v) is 17.4. The summed E-state index contributed by atoms with van der Waals surface area (Å²) in [6, 6.07) is 12.6. The predicted octanol–water partition coefficient (Wildman–Crippen LogP) is 3.77. The van der Waals surface area contributed by atoms with Crippen LogP contribution in [0.1, 0.15) is 17.5 Å². The maximum absolute atomic E-state index is 12.5. The van der Waals surface area contributed by atoms with E-state index in [0.717, 1.165) is 16.9 Å². The fourth-order valence-corrected chi connectivity index (χ4v) is 3.38. The van der Waals surface area contributed by atoms with Crippen LogP contribution in [0.4, 0.5) is 5.95 Å². The van der Waals surface area contributed by atoms with Crippen LogP contribution in [0.3, 0.4) is 0 Å². The number of aromatic nitrogens is 3. The van der Waals surface area contributed by atoms with Gasteiger partial charge in [0.1, 0.15) is 12.1 Å². The van der Waals surface area contributed by atoms with E-state index in [1.807, 2.05) is 30.3 Å². The van der Waals surface area contributed by atoms with Gasteiger partial charge >= 0.3 is 0 Å². The molecule has 0 unspecified atom stereocenters. The highest BCUT2D eigenvalue weighted by atomic mass is 35.5. The molecule has 1 atom stereocenters. The van der Waals surface area contributed by atoms with Crippen molar-refractivity contribution in [1.29, 1.82) is 0 Å². The van der Waals surface area contributed by atoms with Crippen molar-refractivity contribution in [3.63, 3.8) is 0 Å². The topological polar surface area (TPSA) is 90.6 Å². The third kappa shape index (κ3) is 4.55. The minimum atomic E-state index is -0.750. The zero-order chi connectivity index (χ0) is 21.1. The Labute approximate surface area is 182 Å². The third-order valence-electron chi connectivity index (χ3n) is 4.50. The Balaban J connectivity index is 1.34. The molecule has 0 aliphatic carbocycles. The van der Waals surface area contributed by atoms with Gasteiger partial charge in [-0.15, -0.1) is 5.10 Å². The van der Waals surface area contributed by atoms with E-state index in [1.165, 1.54) is 6.33 Å². The number of oxime groups is 1. The fraction of sp³-hybridized carbons (Fsp3) is 0.200. The smallest absolute Gasteiger partial charge is 0.271 e. The van der Waals surface area contributed by atoms with Crippen LogP contribution < -0.4 is 10.1 Å². The number of nitrogens with one attached hydrogen (secondary N) is 1. The van der Waals surface area contributed by atoms with Gasteiger partial charge in [-0.2, -0.15) is 0 Å². The normalized spacial score (nSPS) is 15.4. The lowest BCUT2D eigenvalue weighted by Gasteiger charge is -2.07. The number of carbonyl (C=O) groups is 1. The number of rotatable bonds is 6. The van der Waals surface area contributed by atoms with Gasteiger partial charge in [0.15, 0.2) is 0 Å². The average Bonchev–Trinajstić information content (AvgIpc) is 3.40. The van der Waals surface area contributed by atoms with Gasteiger partial charge in [-0.1, -0.05) is 34.4 Å². The molecule has 0 saturated carbocycles. The Morgan fingerprint density at radius 3 is 2.80 bits per heavy atom. The highest BCUT2D eigenvalue weighted by molar-refractivity contribution is 6.35. The molecule has 1 amide bonds. The van der Waals surface area contributed by atoms with Crippen LogP contribution in [0, 0.1) is 0 Å². The van der Waals surface area contributed by atoms with Gasteiger partial charge in [-0.25, -0.2) is 9.67 Å². The van der Waals surface area contributed by atoms with E-state index in [2.05, 4.69) is 20.6 Å². The predicted molar refractivity (Wildman–Crippen MR) is 113 cm³/mol. The summed E-state index contributed by atoms with van der Waals surface area (Å²) in [5, 5.41) is 12.0. The summed E-state index contributed by atoms with van der Waals surface area (Å²) in [5.41, 5.74) is 2.39. The Morgan fingerprint density at radius 2 is 2.07 bits per heavy atom. The fourth-order valence-electron chi connectivity index (χ4n) is 2.92. The zero-order valence-electron chi connectivity index (χ0n) is 15.9. The number of methoxy groups -OCH3 is 1. The lowest BCUT2D eigenvalue weighted by molar-refractivity contribution is -0.125. The Hall–Kier alpha value is -3.10. The molecule has 0 radical (unpaired) electrons. The largest absolute Gasteiger partial charge is 0.497 e. The maximum atomic E-state index is 12.5. The number of hydrogen-bond acceptors (Lipinski definition) is 6. The van der Waals surface area contributed by atoms with Crippen LogP contribution in [0.25, 0.3) is 0 Å². The number of halogens is 2. The van der Waals surface area contributed by atoms with Crippen LogP contribution in [-0.4, -0.2) is 39.6 Å². The summed E-state index contributed by atoms with van der Waals surface area (Å²) in [6.45, 7) is 0.392. The molecule has 1 N–H and O–H groups in total. The maximum Gasteiger partial charge on any atom is 0.271 e. The van der Waals surface area contributed by atoms with Crippen LogP contribution in [0.2, 0.25) is 10.0 Å². The minimum absolute atomic E-state index is 0.173. The lowest BCUT2D eigenvalue weighted by Crippen LogP contribution is -2.28. The van der Waals surface area contributed by atoms with Crippen molar-refractivity contribution >= 4 is 40.8 Å². The molecule has 10 heteroatoms. The number of amides is 1. The summed E-state index contributed by atoms with van der Waals surface area (Å²) in [4.78, 5) is 21.9. The van der Waals surface area contributed by atoms with E-state index in [-0.39, 0.29) is 11.9 Å². The molecule has 2 heterocycles. The molecule has 1 aliphatic heterocycles. The molecule has 1 aliphatic rings. The number of hydrogen-bond donors (Lipinski definition) is 1. The van der Waals surface area contributed by atoms with Crippen molar-refractivity contribution in [3.05, 3.63) is 70.0 Å². The minimum Gasteiger partial charge on any atom is -0.497 e. The van der Waals surface area contributed by atoms with Crippen LogP contribution in [-0.2, 0) is 16.2 Å². The molecule has 0 saturated heterocycles. The van der Waals surface area contributed by atoms with E-state index < -0.39 is 6.10 Å². The van der Waals surface area contributed by atoms with E-state index >= 15 is 0 Å². The molecule has 2 aromatic carbocycles. The second-order valence-corrected chi connectivity index (χ2v) is 7.40. The quantitative estimate of drug-likeness (QED) is 0.623. The van der Waals surface area contributed by atoms with Gasteiger partial charge in [0.2, 0.25) is 12.1 Å². The first-order chi connectivity index (χ1) is 14.5. The number of carbonyl (C=O) groups excluding carboxylic acids is 1. The van der Waals surface area contributed by atoms with Crippen molar-refractivity contribution in [2.24, 2.45) is 5.16 Å². The van der Waals surface area contributed by atoms with Gasteiger partial charge < -0.3 is 9.57 Å². The molecule has 0 spiro atoms. The van der Waals surface area contributed by atoms with Gasteiger partial charge in [-0.05, 0) is 47.5 Å². The third-order valence-corrected chi connectivity index (χ3v) is 5.09. The number of anilines is 1. The molecular formula is C20H17Cl2N5O3. The first-order valence-corrected chi connectivity index (χ1v) is 9.79. The SMILES string of the molecule is COc1ccc(C2=NO[C@@H](C(=O)Nc3ncn(Cc4ccc(Cl)cc4Cl)n3)C2)cc1. The van der Waals surface area contributed by atoms with E-state index in [0.29, 0.717) is 28.7 Å². The highest BCUT2D eigenvalue weighted by Gasteiger charge is 2.29. The molecule has 3 aromatic rings. The van der Waals surface area contributed by atoms with Crippen LogP contribution in [0.5, 0.6) is 5.75 Å². The van der Waals surface area contributed by atoms with Crippen molar-refractivity contribution in [2.45, 2.75) is 19.1 Å².